The number of rotatable bonds is 2. The minimum absolute atomic E-state index is 0.783. The maximum Gasteiger partial charge on any atom is 0.121 e. The van der Waals surface area contributed by atoms with Crippen LogP contribution in [0.3, 0.4) is 0 Å². The zero-order valence-corrected chi connectivity index (χ0v) is 9.29. The Hall–Kier alpha value is -2.36. The van der Waals surface area contributed by atoms with Crippen molar-refractivity contribution < 1.29 is 4.74 Å². The molecule has 0 bridgehead atoms. The van der Waals surface area contributed by atoms with Crippen molar-refractivity contribution in [2.45, 2.75) is 0 Å². The van der Waals surface area contributed by atoms with Gasteiger partial charge in [0.1, 0.15) is 16.8 Å². The van der Waals surface area contributed by atoms with E-state index < -0.39 is 0 Å². The Morgan fingerprint density at radius 3 is 2.59 bits per heavy atom. The molecule has 3 aromatic rings. The molecular formula is C13H10N3O. The van der Waals surface area contributed by atoms with Crippen LogP contribution in [0.1, 0.15) is 0 Å². The van der Waals surface area contributed by atoms with Crippen molar-refractivity contribution in [3.63, 3.8) is 0 Å². The minimum atomic E-state index is 0.783. The molecule has 1 aromatic heterocycles. The second-order valence-corrected chi connectivity index (χ2v) is 3.60. The summed E-state index contributed by atoms with van der Waals surface area (Å²) in [5.74, 6) is 0.783. The molecule has 4 nitrogen and oxygen atoms in total. The zero-order valence-electron chi connectivity index (χ0n) is 9.29. The van der Waals surface area contributed by atoms with Gasteiger partial charge in [0.05, 0.1) is 12.8 Å². The molecule has 0 fully saturated rings. The van der Waals surface area contributed by atoms with E-state index in [1.165, 1.54) is 0 Å². The van der Waals surface area contributed by atoms with Crippen LogP contribution in [0.5, 0.6) is 5.75 Å². The summed E-state index contributed by atoms with van der Waals surface area (Å²) in [5.41, 5.74) is 2.58. The molecule has 0 saturated carbocycles. The summed E-state index contributed by atoms with van der Waals surface area (Å²) in [5, 5.41) is 8.80. The van der Waals surface area contributed by atoms with Crippen LogP contribution in [-0.2, 0) is 0 Å². The van der Waals surface area contributed by atoms with Crippen LogP contribution < -0.4 is 4.74 Å². The fourth-order valence-corrected chi connectivity index (χ4v) is 1.65. The van der Waals surface area contributed by atoms with E-state index in [1.807, 2.05) is 42.5 Å². The van der Waals surface area contributed by atoms with Gasteiger partial charge in [-0.1, -0.05) is 12.1 Å². The molecule has 1 radical (unpaired) electrons. The van der Waals surface area contributed by atoms with Crippen molar-refractivity contribution in [1.82, 2.24) is 15.0 Å². The van der Waals surface area contributed by atoms with Gasteiger partial charge in [-0.2, -0.15) is 4.80 Å². The van der Waals surface area contributed by atoms with E-state index in [-0.39, 0.29) is 0 Å². The van der Waals surface area contributed by atoms with E-state index in [0.717, 1.165) is 22.5 Å². The largest absolute Gasteiger partial charge is 0.497 e. The lowest BCUT2D eigenvalue weighted by atomic mass is 10.3. The lowest BCUT2D eigenvalue weighted by molar-refractivity contribution is 0.415. The monoisotopic (exact) mass is 224 g/mol. The number of methoxy groups -OCH3 is 1. The fourth-order valence-electron chi connectivity index (χ4n) is 1.65. The second kappa shape index (κ2) is 3.90. The van der Waals surface area contributed by atoms with Crippen LogP contribution in [0.25, 0.3) is 16.7 Å². The SMILES string of the molecule is COc1ccc2nn(-c3cc[c]cc3)nc2c1. The smallest absolute Gasteiger partial charge is 0.121 e. The third-order valence-corrected chi connectivity index (χ3v) is 2.52. The van der Waals surface area contributed by atoms with E-state index in [4.69, 9.17) is 4.74 Å². The molecule has 0 aliphatic heterocycles. The van der Waals surface area contributed by atoms with E-state index in [0.29, 0.717) is 0 Å². The van der Waals surface area contributed by atoms with Gasteiger partial charge in [0.15, 0.2) is 0 Å². The Kier molecular flexibility index (Phi) is 2.26. The van der Waals surface area contributed by atoms with Crippen LogP contribution in [0, 0.1) is 6.07 Å². The van der Waals surface area contributed by atoms with Crippen molar-refractivity contribution in [2.24, 2.45) is 0 Å². The first-order chi connectivity index (χ1) is 8.36. The first kappa shape index (κ1) is 9.84. The number of aromatic nitrogens is 3. The summed E-state index contributed by atoms with van der Waals surface area (Å²) in [6, 6.07) is 16.1. The van der Waals surface area contributed by atoms with Crippen molar-refractivity contribution in [3.05, 3.63) is 48.5 Å². The van der Waals surface area contributed by atoms with Gasteiger partial charge in [-0.15, -0.1) is 10.2 Å². The van der Waals surface area contributed by atoms with Crippen molar-refractivity contribution in [3.8, 4) is 11.4 Å². The van der Waals surface area contributed by atoms with Crippen LogP contribution in [0.15, 0.2) is 42.5 Å². The summed E-state index contributed by atoms with van der Waals surface area (Å²) in [6.07, 6.45) is 0. The van der Waals surface area contributed by atoms with Gasteiger partial charge in [0.25, 0.3) is 0 Å². The highest BCUT2D eigenvalue weighted by Gasteiger charge is 2.04. The quantitative estimate of drug-likeness (QED) is 0.670. The van der Waals surface area contributed by atoms with Gasteiger partial charge in [-0.25, -0.2) is 0 Å². The Balaban J connectivity index is 2.14. The summed E-state index contributed by atoms with van der Waals surface area (Å²) in [4.78, 5) is 1.61. The summed E-state index contributed by atoms with van der Waals surface area (Å²) in [6.45, 7) is 0. The predicted molar refractivity (Wildman–Crippen MR) is 64.3 cm³/mol. The topological polar surface area (TPSA) is 39.9 Å². The lowest BCUT2D eigenvalue weighted by Gasteiger charge is -1.96. The first-order valence-corrected chi connectivity index (χ1v) is 5.24. The standard InChI is InChI=1S/C13H10N3O/c1-17-11-7-8-12-13(9-11)15-16(14-12)10-5-3-2-4-6-10/h3-9H,1H3. The molecule has 0 amide bonds. The molecule has 17 heavy (non-hydrogen) atoms. The Morgan fingerprint density at radius 1 is 1.06 bits per heavy atom. The van der Waals surface area contributed by atoms with E-state index in [2.05, 4.69) is 16.3 Å². The molecule has 0 unspecified atom stereocenters. The molecule has 1 heterocycles. The molecule has 3 rings (SSSR count). The Morgan fingerprint density at radius 2 is 1.82 bits per heavy atom. The third-order valence-electron chi connectivity index (χ3n) is 2.52. The normalized spacial score (nSPS) is 10.6. The maximum absolute atomic E-state index is 5.16. The number of fused-ring (bicyclic) bond motifs is 1. The van der Waals surface area contributed by atoms with Crippen LogP contribution in [0.2, 0.25) is 0 Å². The van der Waals surface area contributed by atoms with Gasteiger partial charge in [0, 0.05) is 6.07 Å². The first-order valence-electron chi connectivity index (χ1n) is 5.24. The summed E-state index contributed by atoms with van der Waals surface area (Å²) >= 11 is 0. The molecule has 0 atom stereocenters. The van der Waals surface area contributed by atoms with E-state index in [9.17, 15) is 0 Å². The third kappa shape index (κ3) is 1.73. The van der Waals surface area contributed by atoms with Crippen molar-refractivity contribution >= 4 is 11.0 Å². The molecule has 0 spiro atoms. The number of hydrogen-bond donors (Lipinski definition) is 0. The molecule has 2 aromatic carbocycles. The number of hydrogen-bond acceptors (Lipinski definition) is 3. The molecule has 0 aliphatic carbocycles. The van der Waals surface area contributed by atoms with E-state index >= 15 is 0 Å². The van der Waals surface area contributed by atoms with Gasteiger partial charge in [0.2, 0.25) is 0 Å². The fraction of sp³-hybridized carbons (Fsp3) is 0.0769. The highest BCUT2D eigenvalue weighted by atomic mass is 16.5. The van der Waals surface area contributed by atoms with Crippen LogP contribution in [-0.4, -0.2) is 22.1 Å². The van der Waals surface area contributed by atoms with Crippen LogP contribution >= 0.6 is 0 Å². The Labute approximate surface area is 98.4 Å². The summed E-state index contributed by atoms with van der Waals surface area (Å²) < 4.78 is 5.16. The number of ether oxygens (including phenoxy) is 1. The highest BCUT2D eigenvalue weighted by Crippen LogP contribution is 2.18. The molecule has 0 N–H and O–H groups in total. The molecule has 4 heteroatoms. The average Bonchev–Trinajstić information content (AvgIpc) is 2.82. The Bertz CT molecular complexity index is 646. The van der Waals surface area contributed by atoms with E-state index in [1.54, 1.807) is 11.9 Å². The van der Waals surface area contributed by atoms with Crippen molar-refractivity contribution in [2.75, 3.05) is 7.11 Å². The number of benzene rings is 2. The highest BCUT2D eigenvalue weighted by molar-refractivity contribution is 5.75. The second-order valence-electron chi connectivity index (χ2n) is 3.60. The van der Waals surface area contributed by atoms with Gasteiger partial charge in [-0.3, -0.25) is 0 Å². The van der Waals surface area contributed by atoms with Crippen molar-refractivity contribution in [1.29, 1.82) is 0 Å². The number of nitrogens with zero attached hydrogens (tertiary/aromatic N) is 3. The van der Waals surface area contributed by atoms with Gasteiger partial charge in [-0.05, 0) is 30.3 Å². The maximum atomic E-state index is 5.16. The predicted octanol–water partition coefficient (Wildman–Crippen LogP) is 2.23. The molecule has 0 saturated heterocycles. The van der Waals surface area contributed by atoms with Crippen LogP contribution in [0.4, 0.5) is 0 Å². The molecule has 83 valence electrons. The van der Waals surface area contributed by atoms with Gasteiger partial charge >= 0.3 is 0 Å². The molecule has 0 aliphatic rings. The lowest BCUT2D eigenvalue weighted by Crippen LogP contribution is -1.97. The average molecular weight is 224 g/mol. The zero-order chi connectivity index (χ0) is 11.7. The summed E-state index contributed by atoms with van der Waals surface area (Å²) in [7, 11) is 1.64. The van der Waals surface area contributed by atoms with Gasteiger partial charge < -0.3 is 4.74 Å². The minimum Gasteiger partial charge on any atom is -0.497 e. The molecular weight excluding hydrogens is 214 g/mol.